The Bertz CT molecular complexity index is 1160. The molecule has 2 aliphatic rings. The third-order valence-corrected chi connectivity index (χ3v) is 7.54. The SMILES string of the molecule is Cn1ncc(Br)c1-c1cc(NC(=O)NCc2ccc(F)cc2)ccc1OCCN1C2CCC1CC2. The van der Waals surface area contributed by atoms with Crippen molar-refractivity contribution in [2.75, 3.05) is 18.5 Å². The summed E-state index contributed by atoms with van der Waals surface area (Å²) in [5, 5.41) is 10.0. The number of carbonyl (C=O) groups is 1. The van der Waals surface area contributed by atoms with Gasteiger partial charge in [0.15, 0.2) is 0 Å². The Morgan fingerprint density at radius 3 is 2.51 bits per heavy atom. The molecule has 35 heavy (non-hydrogen) atoms. The van der Waals surface area contributed by atoms with Crippen LogP contribution >= 0.6 is 15.9 Å². The van der Waals surface area contributed by atoms with Crippen molar-refractivity contribution in [3.05, 3.63) is 64.5 Å². The summed E-state index contributed by atoms with van der Waals surface area (Å²) in [6, 6.07) is 12.8. The molecule has 2 bridgehead atoms. The second-order valence-corrected chi connectivity index (χ2v) is 10.0. The van der Waals surface area contributed by atoms with Crippen LogP contribution in [0.1, 0.15) is 31.2 Å². The highest BCUT2D eigenvalue weighted by Crippen LogP contribution is 2.38. The van der Waals surface area contributed by atoms with Crippen molar-refractivity contribution in [2.24, 2.45) is 7.05 Å². The molecule has 0 radical (unpaired) electrons. The average molecular weight is 542 g/mol. The van der Waals surface area contributed by atoms with E-state index in [0.717, 1.165) is 33.6 Å². The van der Waals surface area contributed by atoms with E-state index in [1.54, 1.807) is 23.0 Å². The third-order valence-electron chi connectivity index (χ3n) is 6.96. The molecule has 0 saturated carbocycles. The van der Waals surface area contributed by atoms with Gasteiger partial charge in [-0.1, -0.05) is 12.1 Å². The molecule has 3 aromatic rings. The lowest BCUT2D eigenvalue weighted by molar-refractivity contribution is 0.194. The molecule has 0 spiro atoms. The normalized spacial score (nSPS) is 19.2. The molecular weight excluding hydrogens is 513 g/mol. The van der Waals surface area contributed by atoms with Crippen LogP contribution in [0.2, 0.25) is 0 Å². The Labute approximate surface area is 212 Å². The quantitative estimate of drug-likeness (QED) is 0.405. The zero-order valence-corrected chi connectivity index (χ0v) is 21.2. The van der Waals surface area contributed by atoms with Crippen molar-refractivity contribution < 1.29 is 13.9 Å². The molecule has 0 unspecified atom stereocenters. The molecule has 2 N–H and O–H groups in total. The van der Waals surface area contributed by atoms with E-state index in [2.05, 4.69) is 36.6 Å². The number of aromatic nitrogens is 2. The van der Waals surface area contributed by atoms with Gasteiger partial charge in [-0.2, -0.15) is 5.10 Å². The maximum absolute atomic E-state index is 13.1. The summed E-state index contributed by atoms with van der Waals surface area (Å²) in [7, 11) is 1.88. The number of halogens is 2. The van der Waals surface area contributed by atoms with Gasteiger partial charge in [0.25, 0.3) is 0 Å². The summed E-state index contributed by atoms with van der Waals surface area (Å²) in [6.07, 6.45) is 6.97. The van der Waals surface area contributed by atoms with Crippen molar-refractivity contribution in [1.29, 1.82) is 0 Å². The van der Waals surface area contributed by atoms with Gasteiger partial charge in [0, 0.05) is 43.5 Å². The lowest BCUT2D eigenvalue weighted by Crippen LogP contribution is -2.32. The first-order valence-electron chi connectivity index (χ1n) is 12.0. The first kappa shape index (κ1) is 23.8. The fourth-order valence-electron chi connectivity index (χ4n) is 5.24. The Balaban J connectivity index is 1.27. The maximum Gasteiger partial charge on any atom is 0.319 e. The van der Waals surface area contributed by atoms with Gasteiger partial charge in [-0.25, -0.2) is 9.18 Å². The molecule has 2 amide bonds. The highest BCUT2D eigenvalue weighted by atomic mass is 79.9. The molecule has 9 heteroatoms. The van der Waals surface area contributed by atoms with Crippen LogP contribution < -0.4 is 15.4 Å². The Kier molecular flexibility index (Phi) is 7.06. The number of amides is 2. The molecule has 184 valence electrons. The van der Waals surface area contributed by atoms with E-state index in [0.29, 0.717) is 30.9 Å². The molecule has 2 aromatic carbocycles. The highest BCUT2D eigenvalue weighted by Gasteiger charge is 2.38. The number of hydrogen-bond donors (Lipinski definition) is 2. The summed E-state index contributed by atoms with van der Waals surface area (Å²) in [6.45, 7) is 1.83. The van der Waals surface area contributed by atoms with Crippen LogP contribution in [-0.4, -0.2) is 45.9 Å². The third kappa shape index (κ3) is 5.36. The predicted molar refractivity (Wildman–Crippen MR) is 137 cm³/mol. The molecule has 0 atom stereocenters. The summed E-state index contributed by atoms with van der Waals surface area (Å²) in [4.78, 5) is 15.1. The van der Waals surface area contributed by atoms with Crippen LogP contribution in [0.3, 0.4) is 0 Å². The van der Waals surface area contributed by atoms with Crippen LogP contribution in [0.4, 0.5) is 14.9 Å². The zero-order chi connectivity index (χ0) is 24.4. The lowest BCUT2D eigenvalue weighted by Gasteiger charge is -2.22. The van der Waals surface area contributed by atoms with E-state index in [1.165, 1.54) is 37.8 Å². The van der Waals surface area contributed by atoms with E-state index in [4.69, 9.17) is 4.74 Å². The van der Waals surface area contributed by atoms with Gasteiger partial charge in [0.1, 0.15) is 18.2 Å². The fraction of sp³-hybridized carbons (Fsp3) is 0.385. The molecular formula is C26H29BrFN5O2. The monoisotopic (exact) mass is 541 g/mol. The smallest absolute Gasteiger partial charge is 0.319 e. The topological polar surface area (TPSA) is 71.4 Å². The number of urea groups is 1. The van der Waals surface area contributed by atoms with Gasteiger partial charge in [0.05, 0.1) is 16.4 Å². The van der Waals surface area contributed by atoms with Crippen molar-refractivity contribution >= 4 is 27.6 Å². The number of rotatable bonds is 8. The summed E-state index contributed by atoms with van der Waals surface area (Å²) in [5.41, 5.74) is 3.17. The standard InChI is InChI=1S/C26H29BrFN5O2/c1-32-25(23(27)16-30-32)22-14-19(31-26(34)29-15-17-2-4-18(28)5-3-17)6-11-24(22)35-13-12-33-20-7-8-21(33)10-9-20/h2-6,11,14,16,20-21H,7-10,12-13,15H2,1H3,(H2,29,31,34). The Hall–Kier alpha value is -2.91. The fourth-order valence-corrected chi connectivity index (χ4v) is 5.80. The van der Waals surface area contributed by atoms with Crippen LogP contribution in [0.5, 0.6) is 5.75 Å². The Morgan fingerprint density at radius 2 is 1.86 bits per heavy atom. The number of ether oxygens (including phenoxy) is 1. The van der Waals surface area contributed by atoms with Crippen molar-refractivity contribution in [2.45, 2.75) is 44.3 Å². The minimum Gasteiger partial charge on any atom is -0.492 e. The van der Waals surface area contributed by atoms with Gasteiger partial charge in [-0.15, -0.1) is 0 Å². The molecule has 2 saturated heterocycles. The van der Waals surface area contributed by atoms with Crippen LogP contribution in [-0.2, 0) is 13.6 Å². The number of carbonyl (C=O) groups excluding carboxylic acids is 1. The number of anilines is 1. The number of hydrogen-bond acceptors (Lipinski definition) is 4. The second kappa shape index (κ2) is 10.4. The first-order chi connectivity index (χ1) is 17.0. The molecule has 0 aliphatic carbocycles. The Morgan fingerprint density at radius 1 is 1.14 bits per heavy atom. The van der Waals surface area contributed by atoms with E-state index < -0.39 is 0 Å². The number of nitrogens with zero attached hydrogens (tertiary/aromatic N) is 3. The van der Waals surface area contributed by atoms with Crippen molar-refractivity contribution in [3.8, 4) is 17.0 Å². The van der Waals surface area contributed by atoms with Crippen LogP contribution in [0.25, 0.3) is 11.3 Å². The molecule has 5 rings (SSSR count). The molecule has 2 fully saturated rings. The predicted octanol–water partition coefficient (Wildman–Crippen LogP) is 5.32. The summed E-state index contributed by atoms with van der Waals surface area (Å²) >= 11 is 3.59. The zero-order valence-electron chi connectivity index (χ0n) is 19.6. The number of aryl methyl sites for hydroxylation is 1. The van der Waals surface area contributed by atoms with Crippen LogP contribution in [0.15, 0.2) is 53.1 Å². The molecule has 1 aromatic heterocycles. The molecule has 3 heterocycles. The molecule has 2 aliphatic heterocycles. The number of nitrogens with one attached hydrogen (secondary N) is 2. The molecule has 7 nitrogen and oxygen atoms in total. The van der Waals surface area contributed by atoms with E-state index in [9.17, 15) is 9.18 Å². The van der Waals surface area contributed by atoms with Gasteiger partial charge < -0.3 is 15.4 Å². The van der Waals surface area contributed by atoms with Gasteiger partial charge in [-0.3, -0.25) is 9.58 Å². The minimum absolute atomic E-state index is 0.298. The average Bonchev–Trinajstić information content (AvgIpc) is 3.53. The number of benzene rings is 2. The highest BCUT2D eigenvalue weighted by molar-refractivity contribution is 9.10. The summed E-state index contributed by atoms with van der Waals surface area (Å²) < 4.78 is 22.0. The number of fused-ring (bicyclic) bond motifs is 2. The minimum atomic E-state index is -0.345. The van der Waals surface area contributed by atoms with Gasteiger partial charge in [0.2, 0.25) is 0 Å². The van der Waals surface area contributed by atoms with Crippen molar-refractivity contribution in [3.63, 3.8) is 0 Å². The van der Waals surface area contributed by atoms with Gasteiger partial charge >= 0.3 is 6.03 Å². The summed E-state index contributed by atoms with van der Waals surface area (Å²) in [5.74, 6) is 0.445. The lowest BCUT2D eigenvalue weighted by atomic mass is 10.0. The van der Waals surface area contributed by atoms with E-state index in [1.807, 2.05) is 25.2 Å². The van der Waals surface area contributed by atoms with Crippen LogP contribution in [0, 0.1) is 5.82 Å². The van der Waals surface area contributed by atoms with E-state index >= 15 is 0 Å². The van der Waals surface area contributed by atoms with Crippen molar-refractivity contribution in [1.82, 2.24) is 20.0 Å². The second-order valence-electron chi connectivity index (χ2n) is 9.16. The van der Waals surface area contributed by atoms with E-state index in [-0.39, 0.29) is 11.8 Å². The largest absolute Gasteiger partial charge is 0.492 e. The maximum atomic E-state index is 13.1. The van der Waals surface area contributed by atoms with Gasteiger partial charge in [-0.05, 0) is 77.5 Å². The first-order valence-corrected chi connectivity index (χ1v) is 12.8.